The molecule has 0 aliphatic carbocycles. The Kier molecular flexibility index (Phi) is 2.22. The fraction of sp³-hybridized carbons (Fsp3) is 0. The van der Waals surface area contributed by atoms with Gasteiger partial charge in [0.15, 0.2) is 0 Å². The van der Waals surface area contributed by atoms with Gasteiger partial charge in [0.05, 0.1) is 5.41 Å². The minimum atomic E-state index is -3.38. The van der Waals surface area contributed by atoms with Gasteiger partial charge >= 0.3 is 0 Å². The molecule has 0 radical (unpaired) electrons. The molecule has 0 aromatic carbocycles. The monoisotopic (exact) mass is 169 g/mol. The summed E-state index contributed by atoms with van der Waals surface area (Å²) >= 11 is 0. The predicted molar refractivity (Wildman–Crippen MR) is 33.5 cm³/mol. The number of sulfonamides is 1. The van der Waals surface area contributed by atoms with Gasteiger partial charge in [-0.2, -0.15) is 0 Å². The standard InChI is InChI=1S/C3H3NO3S.ClH/c5-3-1-2-8(6,7)4-3;/h1-2H,(H,4,5);1H. The third-order valence-electron chi connectivity index (χ3n) is 0.641. The SMILES string of the molecule is Cl.O=C1C=CS(=O)(=O)N1. The molecule has 1 N–H and O–H groups in total. The first-order valence-electron chi connectivity index (χ1n) is 1.85. The Bertz CT molecular complexity index is 242. The molecule has 0 aromatic heterocycles. The van der Waals surface area contributed by atoms with Crippen molar-refractivity contribution >= 4 is 28.3 Å². The van der Waals surface area contributed by atoms with Gasteiger partial charge in [0.25, 0.3) is 15.9 Å². The quantitative estimate of drug-likeness (QED) is 0.526. The van der Waals surface area contributed by atoms with Gasteiger partial charge in [-0.05, 0) is 0 Å². The topological polar surface area (TPSA) is 63.2 Å². The summed E-state index contributed by atoms with van der Waals surface area (Å²) in [5.41, 5.74) is 0. The van der Waals surface area contributed by atoms with E-state index in [9.17, 15) is 13.2 Å². The van der Waals surface area contributed by atoms with Gasteiger partial charge in [-0.25, -0.2) is 13.1 Å². The van der Waals surface area contributed by atoms with Crippen LogP contribution < -0.4 is 4.72 Å². The molecule has 1 amide bonds. The first-order chi connectivity index (χ1) is 3.60. The highest BCUT2D eigenvalue weighted by molar-refractivity contribution is 7.93. The van der Waals surface area contributed by atoms with Crippen LogP contribution in [0.2, 0.25) is 0 Å². The second-order valence-corrected chi connectivity index (χ2v) is 2.88. The molecule has 1 heterocycles. The van der Waals surface area contributed by atoms with Gasteiger partial charge in [-0.3, -0.25) is 4.79 Å². The average molecular weight is 170 g/mol. The highest BCUT2D eigenvalue weighted by Crippen LogP contribution is 1.94. The molecule has 6 heteroatoms. The maximum Gasteiger partial charge on any atom is 0.258 e. The molecule has 0 atom stereocenters. The van der Waals surface area contributed by atoms with Crippen LogP contribution in [0.3, 0.4) is 0 Å². The summed E-state index contributed by atoms with van der Waals surface area (Å²) in [7, 11) is -3.38. The molecule has 0 bridgehead atoms. The molecular weight excluding hydrogens is 166 g/mol. The van der Waals surface area contributed by atoms with Crippen molar-refractivity contribution in [2.45, 2.75) is 0 Å². The maximum atomic E-state index is 10.2. The smallest absolute Gasteiger partial charge is 0.258 e. The zero-order chi connectivity index (χ0) is 6.20. The van der Waals surface area contributed by atoms with Crippen LogP contribution in [0.1, 0.15) is 0 Å². The van der Waals surface area contributed by atoms with Gasteiger partial charge in [0, 0.05) is 6.08 Å². The second kappa shape index (κ2) is 2.36. The van der Waals surface area contributed by atoms with Gasteiger partial charge in [-0.15, -0.1) is 12.4 Å². The Labute approximate surface area is 58.4 Å². The Balaban J connectivity index is 0.000000640. The van der Waals surface area contributed by atoms with E-state index in [1.54, 1.807) is 4.72 Å². The van der Waals surface area contributed by atoms with Crippen molar-refractivity contribution in [3.63, 3.8) is 0 Å². The van der Waals surface area contributed by atoms with E-state index in [0.29, 0.717) is 0 Å². The summed E-state index contributed by atoms with van der Waals surface area (Å²) < 4.78 is 22.2. The number of halogens is 1. The fourth-order valence-corrected chi connectivity index (χ4v) is 1.08. The minimum Gasteiger partial charge on any atom is -0.269 e. The van der Waals surface area contributed by atoms with Crippen molar-refractivity contribution in [3.8, 4) is 0 Å². The predicted octanol–water partition coefficient (Wildman–Crippen LogP) is -0.619. The van der Waals surface area contributed by atoms with Crippen LogP contribution in [-0.2, 0) is 14.8 Å². The Hall–Kier alpha value is -0.550. The summed E-state index contributed by atoms with van der Waals surface area (Å²) in [5.74, 6) is -0.579. The Morgan fingerprint density at radius 2 is 2.00 bits per heavy atom. The molecule has 0 aromatic rings. The van der Waals surface area contributed by atoms with Crippen LogP contribution in [0, 0.1) is 0 Å². The number of hydrogen-bond acceptors (Lipinski definition) is 3. The van der Waals surface area contributed by atoms with E-state index in [0.717, 1.165) is 11.5 Å². The summed E-state index contributed by atoms with van der Waals surface area (Å²) in [6, 6.07) is 0. The molecule has 1 aliphatic rings. The molecule has 0 saturated carbocycles. The van der Waals surface area contributed by atoms with Gasteiger partial charge in [-0.1, -0.05) is 0 Å². The molecule has 0 saturated heterocycles. The number of rotatable bonds is 0. The minimum absolute atomic E-state index is 0. The first kappa shape index (κ1) is 8.45. The summed E-state index contributed by atoms with van der Waals surface area (Å²) in [6.07, 6.45) is 0.968. The maximum absolute atomic E-state index is 10.2. The lowest BCUT2D eigenvalue weighted by Crippen LogP contribution is -2.20. The van der Waals surface area contributed by atoms with Crippen molar-refractivity contribution in [2.75, 3.05) is 0 Å². The number of amides is 1. The lowest BCUT2D eigenvalue weighted by Gasteiger charge is -1.85. The highest BCUT2D eigenvalue weighted by Gasteiger charge is 2.14. The van der Waals surface area contributed by atoms with Crippen molar-refractivity contribution in [1.82, 2.24) is 4.72 Å². The van der Waals surface area contributed by atoms with E-state index in [-0.39, 0.29) is 12.4 Å². The molecule has 52 valence electrons. The van der Waals surface area contributed by atoms with Crippen molar-refractivity contribution in [2.24, 2.45) is 0 Å². The van der Waals surface area contributed by atoms with Crippen molar-refractivity contribution < 1.29 is 13.2 Å². The molecule has 0 spiro atoms. The van der Waals surface area contributed by atoms with Gasteiger partial charge in [0.1, 0.15) is 0 Å². The fourth-order valence-electron chi connectivity index (χ4n) is 0.360. The third-order valence-corrected chi connectivity index (χ3v) is 1.62. The van der Waals surface area contributed by atoms with Crippen LogP contribution in [0.4, 0.5) is 0 Å². The summed E-state index contributed by atoms with van der Waals surface area (Å²) in [6.45, 7) is 0. The molecule has 9 heavy (non-hydrogen) atoms. The van der Waals surface area contributed by atoms with E-state index >= 15 is 0 Å². The van der Waals surface area contributed by atoms with E-state index in [4.69, 9.17) is 0 Å². The highest BCUT2D eigenvalue weighted by atomic mass is 35.5. The number of nitrogens with one attached hydrogen (secondary N) is 1. The van der Waals surface area contributed by atoms with E-state index in [1.807, 2.05) is 0 Å². The number of hydrogen-bond donors (Lipinski definition) is 1. The van der Waals surface area contributed by atoms with E-state index < -0.39 is 15.9 Å². The van der Waals surface area contributed by atoms with Crippen LogP contribution in [0.15, 0.2) is 11.5 Å². The van der Waals surface area contributed by atoms with Crippen LogP contribution in [-0.4, -0.2) is 14.3 Å². The zero-order valence-corrected chi connectivity index (χ0v) is 5.83. The average Bonchev–Trinajstić information content (AvgIpc) is 1.82. The van der Waals surface area contributed by atoms with Crippen LogP contribution in [0.5, 0.6) is 0 Å². The second-order valence-electron chi connectivity index (χ2n) is 1.31. The molecule has 4 nitrogen and oxygen atoms in total. The molecular formula is C3H4ClNO3S. The lowest BCUT2D eigenvalue weighted by molar-refractivity contribution is -0.114. The molecule has 0 fully saturated rings. The Morgan fingerprint density at radius 3 is 2.11 bits per heavy atom. The molecule has 0 unspecified atom stereocenters. The van der Waals surface area contributed by atoms with Gasteiger partial charge in [0.2, 0.25) is 0 Å². The first-order valence-corrected chi connectivity index (χ1v) is 3.40. The Morgan fingerprint density at radius 1 is 1.44 bits per heavy atom. The number of carbonyl (C=O) groups excluding carboxylic acids is 1. The van der Waals surface area contributed by atoms with Crippen LogP contribution >= 0.6 is 12.4 Å². The van der Waals surface area contributed by atoms with E-state index in [2.05, 4.69) is 0 Å². The number of carbonyl (C=O) groups is 1. The van der Waals surface area contributed by atoms with E-state index in [1.165, 1.54) is 0 Å². The van der Waals surface area contributed by atoms with Crippen molar-refractivity contribution in [3.05, 3.63) is 11.5 Å². The normalized spacial score (nSPS) is 20.7. The third kappa shape index (κ3) is 2.03. The molecule has 1 aliphatic heterocycles. The largest absolute Gasteiger partial charge is 0.269 e. The zero-order valence-electron chi connectivity index (χ0n) is 4.20. The van der Waals surface area contributed by atoms with Crippen LogP contribution in [0.25, 0.3) is 0 Å². The van der Waals surface area contributed by atoms with Crippen molar-refractivity contribution in [1.29, 1.82) is 0 Å². The summed E-state index contributed by atoms with van der Waals surface area (Å²) in [4.78, 5) is 10.1. The lowest BCUT2D eigenvalue weighted by atomic mass is 10.6. The molecule has 1 rings (SSSR count). The summed E-state index contributed by atoms with van der Waals surface area (Å²) in [5, 5.41) is 0.829. The van der Waals surface area contributed by atoms with Gasteiger partial charge < -0.3 is 0 Å².